The van der Waals surface area contributed by atoms with E-state index >= 15 is 0 Å². The Morgan fingerprint density at radius 3 is 1.95 bits per heavy atom. The lowest BCUT2D eigenvalue weighted by Crippen LogP contribution is -2.39. The van der Waals surface area contributed by atoms with Gasteiger partial charge in [-0.1, -0.05) is 43.1 Å². The van der Waals surface area contributed by atoms with E-state index in [9.17, 15) is 28.0 Å². The largest absolute Gasteiger partial charge is 0.328 e. The predicted octanol–water partition coefficient (Wildman–Crippen LogP) is 8.91. The lowest BCUT2D eigenvalue weighted by Gasteiger charge is -2.31. The molecule has 12 nitrogen and oxygen atoms in total. The van der Waals surface area contributed by atoms with Gasteiger partial charge in [-0.05, 0) is 79.2 Å². The van der Waals surface area contributed by atoms with Crippen molar-refractivity contribution >= 4 is 68.3 Å². The number of amides is 4. The summed E-state index contributed by atoms with van der Waals surface area (Å²) < 4.78 is 26.6. The Morgan fingerprint density at radius 1 is 0.764 bits per heavy atom. The second-order valence-electron chi connectivity index (χ2n) is 13.1. The van der Waals surface area contributed by atoms with Crippen LogP contribution in [0.25, 0.3) is 21.7 Å². The molecule has 2 aromatic carbocycles. The number of anilines is 2. The molecular weight excluding hydrogens is 753 g/mol. The highest BCUT2D eigenvalue weighted by Gasteiger charge is 2.25. The molecule has 4 amide bonds. The highest BCUT2D eigenvalue weighted by Crippen LogP contribution is 2.29. The quantitative estimate of drug-likeness (QED) is 0.121. The van der Waals surface area contributed by atoms with E-state index in [1.807, 2.05) is 27.7 Å². The van der Waals surface area contributed by atoms with Gasteiger partial charge in [0.15, 0.2) is 0 Å². The molecule has 286 valence electrons. The lowest BCUT2D eigenvalue weighted by atomic mass is 10.0. The van der Waals surface area contributed by atoms with Crippen LogP contribution in [0, 0.1) is 17.6 Å². The van der Waals surface area contributed by atoms with Gasteiger partial charge in [0.2, 0.25) is 0 Å². The Balaban J connectivity index is 0.000000212. The monoisotopic (exact) mass is 790 g/mol. The number of nitrogens with one attached hydrogen (secondary N) is 4. The number of nitrogens with zero attached hydrogens (tertiary/aromatic N) is 4. The molecule has 0 aliphatic carbocycles. The van der Waals surface area contributed by atoms with E-state index in [1.54, 1.807) is 54.9 Å². The summed E-state index contributed by atoms with van der Waals surface area (Å²) in [6, 6.07) is 11.8. The molecule has 2 unspecified atom stereocenters. The van der Waals surface area contributed by atoms with Gasteiger partial charge in [0.1, 0.15) is 17.2 Å². The van der Waals surface area contributed by atoms with Gasteiger partial charge >= 0.3 is 12.1 Å². The van der Waals surface area contributed by atoms with E-state index in [-0.39, 0.29) is 45.2 Å². The van der Waals surface area contributed by atoms with Crippen LogP contribution in [0.15, 0.2) is 95.2 Å². The van der Waals surface area contributed by atoms with E-state index in [0.29, 0.717) is 34.2 Å². The number of aromatic amines is 2. The van der Waals surface area contributed by atoms with Gasteiger partial charge in [-0.15, -0.1) is 0 Å². The number of rotatable bonds is 8. The number of hydrogen-bond acceptors (Lipinski definition) is 6. The zero-order chi connectivity index (χ0) is 40.0. The van der Waals surface area contributed by atoms with Crippen molar-refractivity contribution in [2.24, 2.45) is 5.92 Å². The van der Waals surface area contributed by atoms with Crippen molar-refractivity contribution in [3.05, 3.63) is 139 Å². The Kier molecular flexibility index (Phi) is 12.8. The molecule has 4 aromatic heterocycles. The first-order chi connectivity index (χ1) is 26.2. The topological polar surface area (TPSA) is 156 Å². The van der Waals surface area contributed by atoms with Gasteiger partial charge < -0.3 is 30.4 Å². The van der Waals surface area contributed by atoms with Crippen LogP contribution in [0.1, 0.15) is 50.9 Å². The fraction of sp³-hybridized carbons (Fsp3) is 0.231. The number of carbonyl (C=O) groups is 2. The van der Waals surface area contributed by atoms with Gasteiger partial charge in [0.25, 0.3) is 11.1 Å². The number of pyridine rings is 4. The van der Waals surface area contributed by atoms with E-state index < -0.39 is 17.7 Å². The average Bonchev–Trinajstić information content (AvgIpc) is 3.16. The van der Waals surface area contributed by atoms with E-state index in [2.05, 4.69) is 30.6 Å². The Hall–Kier alpha value is -5.86. The maximum absolute atomic E-state index is 13.4. The number of benzene rings is 2. The van der Waals surface area contributed by atoms with Crippen molar-refractivity contribution in [2.75, 3.05) is 24.2 Å². The number of aromatic nitrogens is 4. The first kappa shape index (κ1) is 40.3. The van der Waals surface area contributed by atoms with Gasteiger partial charge in [-0.2, -0.15) is 0 Å². The minimum absolute atomic E-state index is 0.0645. The first-order valence-corrected chi connectivity index (χ1v) is 17.8. The summed E-state index contributed by atoms with van der Waals surface area (Å²) in [4.78, 5) is 66.2. The van der Waals surface area contributed by atoms with Crippen LogP contribution < -0.4 is 21.8 Å². The van der Waals surface area contributed by atoms with E-state index in [1.165, 1.54) is 47.5 Å². The summed E-state index contributed by atoms with van der Waals surface area (Å²) >= 11 is 11.6. The highest BCUT2D eigenvalue weighted by atomic mass is 35.5. The van der Waals surface area contributed by atoms with Crippen LogP contribution in [-0.2, 0) is 0 Å². The van der Waals surface area contributed by atoms with Gasteiger partial charge in [-0.3, -0.25) is 19.6 Å². The average molecular weight is 792 g/mol. The molecule has 0 saturated heterocycles. The van der Waals surface area contributed by atoms with Gasteiger partial charge in [0.05, 0.1) is 27.5 Å². The molecule has 0 aliphatic heterocycles. The molecule has 0 bridgehead atoms. The van der Waals surface area contributed by atoms with E-state index in [0.717, 1.165) is 16.5 Å². The van der Waals surface area contributed by atoms with Crippen LogP contribution in [0.5, 0.6) is 0 Å². The minimum Gasteiger partial charge on any atom is -0.328 e. The van der Waals surface area contributed by atoms with Crippen molar-refractivity contribution in [3.63, 3.8) is 0 Å². The number of H-pyrrole nitrogens is 2. The number of urea groups is 2. The first-order valence-electron chi connectivity index (χ1n) is 17.1. The molecule has 6 rings (SSSR count). The summed E-state index contributed by atoms with van der Waals surface area (Å²) in [6.07, 6.45) is 7.88. The van der Waals surface area contributed by atoms with Gasteiger partial charge in [-0.25, -0.2) is 18.4 Å². The normalized spacial score (nSPS) is 12.1. The molecule has 4 heterocycles. The number of carbonyl (C=O) groups excluding carboxylic acids is 2. The molecule has 0 spiro atoms. The van der Waals surface area contributed by atoms with Crippen molar-refractivity contribution in [1.29, 1.82) is 0 Å². The third-order valence-corrected chi connectivity index (χ3v) is 9.44. The minimum atomic E-state index is -0.557. The molecule has 55 heavy (non-hydrogen) atoms. The van der Waals surface area contributed by atoms with Crippen LogP contribution in [0.4, 0.5) is 29.7 Å². The third-order valence-electron chi connectivity index (χ3n) is 8.86. The molecule has 4 N–H and O–H groups in total. The zero-order valence-electron chi connectivity index (χ0n) is 30.5. The van der Waals surface area contributed by atoms with Crippen LogP contribution >= 0.6 is 23.2 Å². The van der Waals surface area contributed by atoms with Gasteiger partial charge in [0, 0.05) is 66.9 Å². The summed E-state index contributed by atoms with van der Waals surface area (Å²) in [5, 5.41) is 7.19. The standard InChI is InChI=1S/C21H22ClFN4O2.C18H16ClFN4O2/c1-12(2)11-27(21(29)26-14-4-5-19(23)18(22)8-14)13(3)16-10-25-20(28)17-9-24-7-6-15(16)17;1-10(13-9-22-17(25)16-12(13)4-3-7-21-16)24(2)18(26)23-11-5-6-15(20)14(19)8-11/h4-10,12-13H,11H2,1-3H3,(H,25,28)(H,26,29);3-10H,1-2H3,(H,22,25)(H,23,26). The highest BCUT2D eigenvalue weighted by molar-refractivity contribution is 6.31. The second-order valence-corrected chi connectivity index (χ2v) is 13.9. The second kappa shape index (κ2) is 17.5. The fourth-order valence-corrected chi connectivity index (χ4v) is 6.20. The Labute approximate surface area is 324 Å². The smallest absolute Gasteiger partial charge is 0.322 e. The number of fused-ring (bicyclic) bond motifs is 2. The van der Waals surface area contributed by atoms with Crippen LogP contribution in [0.3, 0.4) is 0 Å². The number of halogens is 4. The summed E-state index contributed by atoms with van der Waals surface area (Å²) in [7, 11) is 1.62. The maximum Gasteiger partial charge on any atom is 0.322 e. The van der Waals surface area contributed by atoms with Crippen LogP contribution in [0.2, 0.25) is 10.0 Å². The van der Waals surface area contributed by atoms with Crippen molar-refractivity contribution in [2.45, 2.75) is 39.8 Å². The molecular formula is C39H38Cl2F2N8O4. The molecule has 2 atom stereocenters. The zero-order valence-corrected chi connectivity index (χ0v) is 32.0. The van der Waals surface area contributed by atoms with Crippen molar-refractivity contribution < 1.29 is 18.4 Å². The third kappa shape index (κ3) is 9.45. The Morgan fingerprint density at radius 2 is 1.35 bits per heavy atom. The van der Waals surface area contributed by atoms with Crippen LogP contribution in [-0.4, -0.2) is 55.4 Å². The summed E-state index contributed by atoms with van der Waals surface area (Å²) in [5.41, 5.74) is 2.13. The maximum atomic E-state index is 13.4. The molecule has 6 aromatic rings. The van der Waals surface area contributed by atoms with Crippen molar-refractivity contribution in [1.82, 2.24) is 29.7 Å². The fourth-order valence-electron chi connectivity index (χ4n) is 5.84. The lowest BCUT2D eigenvalue weighted by molar-refractivity contribution is 0.184. The predicted molar refractivity (Wildman–Crippen MR) is 212 cm³/mol. The summed E-state index contributed by atoms with van der Waals surface area (Å²) in [5.74, 6) is -0.903. The number of hydrogen-bond donors (Lipinski definition) is 4. The summed E-state index contributed by atoms with van der Waals surface area (Å²) in [6.45, 7) is 8.23. The molecule has 0 saturated carbocycles. The molecule has 0 fully saturated rings. The SMILES string of the molecule is CC(C)CN(C(=O)Nc1ccc(F)c(Cl)c1)C(C)c1c[nH]c(=O)c2cnccc12.CC(c1c[nH]c(=O)c2ncccc12)N(C)C(=O)Nc1ccc(F)c(Cl)c1. The molecule has 0 aliphatic rings. The molecule has 16 heteroatoms. The van der Waals surface area contributed by atoms with Crippen molar-refractivity contribution in [3.8, 4) is 0 Å². The Bertz CT molecular complexity index is 2480. The molecule has 0 radical (unpaired) electrons. The van der Waals surface area contributed by atoms with E-state index in [4.69, 9.17) is 23.2 Å².